The summed E-state index contributed by atoms with van der Waals surface area (Å²) in [6.07, 6.45) is 0.959. The summed E-state index contributed by atoms with van der Waals surface area (Å²) < 4.78 is 0. The number of thiophene rings is 1. The molecule has 0 spiro atoms. The summed E-state index contributed by atoms with van der Waals surface area (Å²) in [6.45, 7) is 2.63. The Morgan fingerprint density at radius 3 is 2.70 bits per heavy atom. The number of nitrogens with one attached hydrogen (secondary N) is 1. The van der Waals surface area contributed by atoms with Gasteiger partial charge < -0.3 is 10.2 Å². The van der Waals surface area contributed by atoms with Gasteiger partial charge in [-0.25, -0.2) is 0 Å². The zero-order chi connectivity index (χ0) is 14.2. The Bertz CT molecular complexity index is 511. The van der Waals surface area contributed by atoms with Gasteiger partial charge in [-0.15, -0.1) is 11.3 Å². The molecule has 0 saturated carbocycles. The van der Waals surface area contributed by atoms with Crippen LogP contribution in [0.25, 0.3) is 0 Å². The van der Waals surface area contributed by atoms with E-state index in [9.17, 15) is 4.79 Å². The molecule has 1 aromatic heterocycles. The Balaban J connectivity index is 1.62. The number of hydrogen-bond donors (Lipinski definition) is 1. The quantitative estimate of drug-likeness (QED) is 0.794. The van der Waals surface area contributed by atoms with Gasteiger partial charge in [-0.05, 0) is 37.0 Å². The highest BCUT2D eigenvalue weighted by Crippen LogP contribution is 2.07. The summed E-state index contributed by atoms with van der Waals surface area (Å²) in [5.41, 5.74) is 1.32. The van der Waals surface area contributed by atoms with Crippen molar-refractivity contribution in [3.8, 4) is 0 Å². The van der Waals surface area contributed by atoms with Crippen molar-refractivity contribution in [1.82, 2.24) is 10.2 Å². The Labute approximate surface area is 124 Å². The first-order valence-corrected chi connectivity index (χ1v) is 7.68. The predicted octanol–water partition coefficient (Wildman–Crippen LogP) is 3.00. The van der Waals surface area contributed by atoms with Crippen LogP contribution in [0.2, 0.25) is 0 Å². The molecule has 3 nitrogen and oxygen atoms in total. The SMILES string of the molecule is CN(CCCNC(=O)c1cccs1)Cc1ccccc1. The number of carbonyl (C=O) groups is 1. The van der Waals surface area contributed by atoms with Crippen LogP contribution in [0, 0.1) is 0 Å². The second-order valence-corrected chi connectivity index (χ2v) is 5.76. The largest absolute Gasteiger partial charge is 0.351 e. The van der Waals surface area contributed by atoms with E-state index in [2.05, 4.69) is 41.5 Å². The lowest BCUT2D eigenvalue weighted by Crippen LogP contribution is -2.27. The molecule has 0 aliphatic heterocycles. The fraction of sp³-hybridized carbons (Fsp3) is 0.312. The van der Waals surface area contributed by atoms with E-state index in [-0.39, 0.29) is 5.91 Å². The summed E-state index contributed by atoms with van der Waals surface area (Å²) in [5, 5.41) is 4.87. The van der Waals surface area contributed by atoms with Gasteiger partial charge in [-0.1, -0.05) is 36.4 Å². The van der Waals surface area contributed by atoms with Gasteiger partial charge in [0.05, 0.1) is 4.88 Å². The standard InChI is InChI=1S/C16H20N2OS/c1-18(13-14-7-3-2-4-8-14)11-6-10-17-16(19)15-9-5-12-20-15/h2-5,7-9,12H,6,10-11,13H2,1H3,(H,17,19). The average Bonchev–Trinajstić information content (AvgIpc) is 2.99. The summed E-state index contributed by atoms with van der Waals surface area (Å²) in [4.78, 5) is 14.8. The molecule has 1 aromatic carbocycles. The molecule has 2 rings (SSSR count). The second-order valence-electron chi connectivity index (χ2n) is 4.81. The van der Waals surface area contributed by atoms with E-state index >= 15 is 0 Å². The Hall–Kier alpha value is -1.65. The van der Waals surface area contributed by atoms with E-state index in [1.165, 1.54) is 16.9 Å². The number of amides is 1. The van der Waals surface area contributed by atoms with Crippen LogP contribution in [0.15, 0.2) is 47.8 Å². The van der Waals surface area contributed by atoms with E-state index < -0.39 is 0 Å². The normalized spacial score (nSPS) is 10.7. The van der Waals surface area contributed by atoms with Crippen molar-refractivity contribution >= 4 is 17.2 Å². The van der Waals surface area contributed by atoms with Gasteiger partial charge in [0.2, 0.25) is 0 Å². The number of carbonyl (C=O) groups excluding carboxylic acids is 1. The molecule has 0 bridgehead atoms. The van der Waals surface area contributed by atoms with E-state index in [4.69, 9.17) is 0 Å². The van der Waals surface area contributed by atoms with Crippen molar-refractivity contribution in [2.75, 3.05) is 20.1 Å². The van der Waals surface area contributed by atoms with Crippen LogP contribution < -0.4 is 5.32 Å². The number of benzene rings is 1. The highest BCUT2D eigenvalue weighted by molar-refractivity contribution is 7.12. The minimum atomic E-state index is 0.0331. The van der Waals surface area contributed by atoms with Crippen LogP contribution in [0.3, 0.4) is 0 Å². The van der Waals surface area contributed by atoms with Crippen LogP contribution in [0.1, 0.15) is 21.7 Å². The molecular weight excluding hydrogens is 268 g/mol. The summed E-state index contributed by atoms with van der Waals surface area (Å²) in [7, 11) is 2.11. The van der Waals surface area contributed by atoms with Crippen molar-refractivity contribution in [1.29, 1.82) is 0 Å². The fourth-order valence-corrected chi connectivity index (χ4v) is 2.66. The highest BCUT2D eigenvalue weighted by atomic mass is 32.1. The molecule has 0 aliphatic rings. The first-order valence-electron chi connectivity index (χ1n) is 6.80. The van der Waals surface area contributed by atoms with Crippen molar-refractivity contribution in [3.63, 3.8) is 0 Å². The number of rotatable bonds is 7. The first kappa shape index (κ1) is 14.8. The summed E-state index contributed by atoms with van der Waals surface area (Å²) in [5.74, 6) is 0.0331. The van der Waals surface area contributed by atoms with Crippen molar-refractivity contribution in [3.05, 3.63) is 58.3 Å². The molecule has 106 valence electrons. The van der Waals surface area contributed by atoms with Crippen LogP contribution in [-0.4, -0.2) is 30.9 Å². The Morgan fingerprint density at radius 1 is 1.20 bits per heavy atom. The van der Waals surface area contributed by atoms with Crippen molar-refractivity contribution in [2.24, 2.45) is 0 Å². The monoisotopic (exact) mass is 288 g/mol. The summed E-state index contributed by atoms with van der Waals surface area (Å²) in [6, 6.07) is 14.2. The Morgan fingerprint density at radius 2 is 2.00 bits per heavy atom. The highest BCUT2D eigenvalue weighted by Gasteiger charge is 2.05. The third kappa shape index (κ3) is 4.79. The fourth-order valence-electron chi connectivity index (χ4n) is 2.02. The molecule has 2 aromatic rings. The molecule has 4 heteroatoms. The van der Waals surface area contributed by atoms with Gasteiger partial charge in [-0.3, -0.25) is 4.79 Å². The molecule has 1 N–H and O–H groups in total. The lowest BCUT2D eigenvalue weighted by Gasteiger charge is -2.16. The maximum atomic E-state index is 11.7. The van der Waals surface area contributed by atoms with Crippen LogP contribution in [-0.2, 0) is 6.54 Å². The molecule has 0 aliphatic carbocycles. The minimum Gasteiger partial charge on any atom is -0.351 e. The number of nitrogens with zero attached hydrogens (tertiary/aromatic N) is 1. The average molecular weight is 288 g/mol. The van der Waals surface area contributed by atoms with Gasteiger partial charge in [0.15, 0.2) is 0 Å². The van der Waals surface area contributed by atoms with E-state index in [1.54, 1.807) is 0 Å². The molecule has 0 saturated heterocycles. The molecule has 0 atom stereocenters. The van der Waals surface area contributed by atoms with E-state index in [1.807, 2.05) is 23.6 Å². The van der Waals surface area contributed by atoms with Gasteiger partial charge in [-0.2, -0.15) is 0 Å². The molecule has 0 unspecified atom stereocenters. The van der Waals surface area contributed by atoms with Gasteiger partial charge in [0.25, 0.3) is 5.91 Å². The zero-order valence-corrected chi connectivity index (χ0v) is 12.5. The van der Waals surface area contributed by atoms with Gasteiger partial charge in [0.1, 0.15) is 0 Å². The lowest BCUT2D eigenvalue weighted by molar-refractivity contribution is 0.0956. The molecule has 0 fully saturated rings. The molecule has 0 radical (unpaired) electrons. The Kier molecular flexibility index (Phi) is 5.77. The van der Waals surface area contributed by atoms with E-state index in [0.29, 0.717) is 0 Å². The van der Waals surface area contributed by atoms with Gasteiger partial charge >= 0.3 is 0 Å². The van der Waals surface area contributed by atoms with Crippen molar-refractivity contribution < 1.29 is 4.79 Å². The summed E-state index contributed by atoms with van der Waals surface area (Å²) >= 11 is 1.47. The molecule has 1 heterocycles. The molecule has 1 amide bonds. The maximum absolute atomic E-state index is 11.7. The van der Waals surface area contributed by atoms with Gasteiger partial charge in [0, 0.05) is 13.1 Å². The third-order valence-corrected chi connectivity index (χ3v) is 3.91. The first-order chi connectivity index (χ1) is 9.75. The second kappa shape index (κ2) is 7.82. The maximum Gasteiger partial charge on any atom is 0.261 e. The van der Waals surface area contributed by atoms with Crippen molar-refractivity contribution in [2.45, 2.75) is 13.0 Å². The van der Waals surface area contributed by atoms with Crippen LogP contribution in [0.5, 0.6) is 0 Å². The minimum absolute atomic E-state index is 0.0331. The lowest BCUT2D eigenvalue weighted by atomic mass is 10.2. The molecular formula is C16H20N2OS. The number of hydrogen-bond acceptors (Lipinski definition) is 3. The third-order valence-electron chi connectivity index (χ3n) is 3.04. The van der Waals surface area contributed by atoms with Crippen LogP contribution in [0.4, 0.5) is 0 Å². The predicted molar refractivity (Wildman–Crippen MR) is 84.0 cm³/mol. The molecule has 20 heavy (non-hydrogen) atoms. The van der Waals surface area contributed by atoms with Crippen LogP contribution >= 0.6 is 11.3 Å². The van der Waals surface area contributed by atoms with E-state index in [0.717, 1.165) is 30.9 Å². The smallest absolute Gasteiger partial charge is 0.261 e. The topological polar surface area (TPSA) is 32.3 Å². The zero-order valence-electron chi connectivity index (χ0n) is 11.7.